The van der Waals surface area contributed by atoms with E-state index in [2.05, 4.69) is 57.9 Å². The van der Waals surface area contributed by atoms with Gasteiger partial charge < -0.3 is 9.31 Å². The van der Waals surface area contributed by atoms with Gasteiger partial charge in [-0.2, -0.15) is 5.10 Å². The van der Waals surface area contributed by atoms with E-state index in [1.807, 2.05) is 23.9 Å². The fourth-order valence-corrected chi connectivity index (χ4v) is 2.71. The van der Waals surface area contributed by atoms with Crippen molar-refractivity contribution in [3.63, 3.8) is 0 Å². The number of hydrogen-bond donors (Lipinski definition) is 0. The molecular weight excluding hydrogens is 287 g/mol. The van der Waals surface area contributed by atoms with Crippen molar-refractivity contribution in [2.75, 3.05) is 0 Å². The number of hydrogen-bond acceptors (Lipinski definition) is 3. The van der Waals surface area contributed by atoms with Crippen molar-refractivity contribution in [2.45, 2.75) is 59.3 Å². The first-order valence-electron chi connectivity index (χ1n) is 8.13. The number of aromatic nitrogens is 2. The van der Waals surface area contributed by atoms with Gasteiger partial charge in [-0.1, -0.05) is 18.2 Å². The van der Waals surface area contributed by atoms with Crippen molar-refractivity contribution in [2.24, 2.45) is 0 Å². The number of aryl methyl sites for hydroxylation is 2. The fourth-order valence-electron chi connectivity index (χ4n) is 2.71. The molecule has 1 aromatic carbocycles. The van der Waals surface area contributed by atoms with Crippen molar-refractivity contribution in [1.29, 1.82) is 0 Å². The fraction of sp³-hybridized carbons (Fsp3) is 0.500. The normalized spacial score (nSPS) is 19.3. The van der Waals surface area contributed by atoms with Gasteiger partial charge >= 0.3 is 7.12 Å². The molecule has 2 heterocycles. The molecule has 0 radical (unpaired) electrons. The SMILES string of the molecule is Cc1ccn(Cc2cc(B3OC(C)(C)C(C)(C)O3)ccc2C)n1. The summed E-state index contributed by atoms with van der Waals surface area (Å²) in [6.07, 6.45) is 2.01. The van der Waals surface area contributed by atoms with Crippen LogP contribution in [0.3, 0.4) is 0 Å². The van der Waals surface area contributed by atoms with E-state index in [0.29, 0.717) is 0 Å². The Morgan fingerprint density at radius 3 is 2.26 bits per heavy atom. The largest absolute Gasteiger partial charge is 0.494 e. The van der Waals surface area contributed by atoms with Crippen LogP contribution in [0, 0.1) is 13.8 Å². The quantitative estimate of drug-likeness (QED) is 0.818. The molecule has 2 aromatic rings. The molecule has 23 heavy (non-hydrogen) atoms. The first kappa shape index (κ1) is 16.3. The highest BCUT2D eigenvalue weighted by Gasteiger charge is 2.51. The Kier molecular flexibility index (Phi) is 3.89. The van der Waals surface area contributed by atoms with Crippen molar-refractivity contribution in [3.05, 3.63) is 47.3 Å². The third kappa shape index (κ3) is 3.08. The van der Waals surface area contributed by atoms with Crippen molar-refractivity contribution in [3.8, 4) is 0 Å². The van der Waals surface area contributed by atoms with Crippen LogP contribution in [0.25, 0.3) is 0 Å². The lowest BCUT2D eigenvalue weighted by atomic mass is 9.78. The molecule has 1 aliphatic rings. The van der Waals surface area contributed by atoms with Gasteiger partial charge in [0.25, 0.3) is 0 Å². The molecular formula is C18H25BN2O2. The van der Waals surface area contributed by atoms with Crippen LogP contribution in [0.1, 0.15) is 44.5 Å². The Morgan fingerprint density at radius 2 is 1.70 bits per heavy atom. The van der Waals surface area contributed by atoms with Crippen LogP contribution in [-0.4, -0.2) is 28.1 Å². The van der Waals surface area contributed by atoms with Gasteiger partial charge in [0.2, 0.25) is 0 Å². The molecule has 0 unspecified atom stereocenters. The molecule has 0 saturated carbocycles. The lowest BCUT2D eigenvalue weighted by molar-refractivity contribution is 0.00578. The van der Waals surface area contributed by atoms with Crippen LogP contribution in [0.2, 0.25) is 0 Å². The van der Waals surface area contributed by atoms with Crippen LogP contribution in [0.5, 0.6) is 0 Å². The summed E-state index contributed by atoms with van der Waals surface area (Å²) in [5.74, 6) is 0. The molecule has 1 fully saturated rings. The monoisotopic (exact) mass is 312 g/mol. The van der Waals surface area contributed by atoms with Crippen molar-refractivity contribution < 1.29 is 9.31 Å². The van der Waals surface area contributed by atoms with E-state index in [1.54, 1.807) is 0 Å². The predicted octanol–water partition coefficient (Wildman–Crippen LogP) is 2.85. The highest BCUT2D eigenvalue weighted by molar-refractivity contribution is 6.62. The molecule has 1 aliphatic heterocycles. The van der Waals surface area contributed by atoms with E-state index < -0.39 is 0 Å². The first-order valence-corrected chi connectivity index (χ1v) is 8.13. The van der Waals surface area contributed by atoms with Crippen molar-refractivity contribution in [1.82, 2.24) is 9.78 Å². The van der Waals surface area contributed by atoms with Crippen LogP contribution in [0.4, 0.5) is 0 Å². The van der Waals surface area contributed by atoms with E-state index in [-0.39, 0.29) is 18.3 Å². The van der Waals surface area contributed by atoms with E-state index in [9.17, 15) is 0 Å². The number of nitrogens with zero attached hydrogens (tertiary/aromatic N) is 2. The first-order chi connectivity index (χ1) is 10.7. The molecule has 0 atom stereocenters. The summed E-state index contributed by atoms with van der Waals surface area (Å²) >= 11 is 0. The van der Waals surface area contributed by atoms with E-state index in [0.717, 1.165) is 17.7 Å². The van der Waals surface area contributed by atoms with Gasteiger partial charge in [0.1, 0.15) is 0 Å². The Bertz CT molecular complexity index is 706. The van der Waals surface area contributed by atoms with Gasteiger partial charge in [0.05, 0.1) is 23.4 Å². The molecule has 122 valence electrons. The molecule has 0 N–H and O–H groups in total. The van der Waals surface area contributed by atoms with Crippen molar-refractivity contribution >= 4 is 12.6 Å². The zero-order valence-corrected chi connectivity index (χ0v) is 14.9. The van der Waals surface area contributed by atoms with Gasteiger partial charge in [0.15, 0.2) is 0 Å². The molecule has 0 amide bonds. The van der Waals surface area contributed by atoms with Gasteiger partial charge in [-0.3, -0.25) is 4.68 Å². The third-order valence-electron chi connectivity index (χ3n) is 5.00. The summed E-state index contributed by atoms with van der Waals surface area (Å²) in [5, 5.41) is 4.47. The minimum absolute atomic E-state index is 0.318. The van der Waals surface area contributed by atoms with E-state index in [1.165, 1.54) is 11.1 Å². The molecule has 3 rings (SSSR count). The molecule has 0 aliphatic carbocycles. The smallest absolute Gasteiger partial charge is 0.399 e. The van der Waals surface area contributed by atoms with Gasteiger partial charge in [0, 0.05) is 6.20 Å². The number of rotatable bonds is 3. The lowest BCUT2D eigenvalue weighted by Gasteiger charge is -2.32. The average Bonchev–Trinajstić information content (AvgIpc) is 2.93. The second-order valence-electron chi connectivity index (χ2n) is 7.43. The van der Waals surface area contributed by atoms with Gasteiger partial charge in [-0.25, -0.2) is 0 Å². The Morgan fingerprint density at radius 1 is 1.04 bits per heavy atom. The minimum atomic E-state index is -0.321. The minimum Gasteiger partial charge on any atom is -0.399 e. The van der Waals surface area contributed by atoms with E-state index in [4.69, 9.17) is 9.31 Å². The maximum Gasteiger partial charge on any atom is 0.494 e. The highest BCUT2D eigenvalue weighted by atomic mass is 16.7. The maximum absolute atomic E-state index is 6.15. The lowest BCUT2D eigenvalue weighted by Crippen LogP contribution is -2.41. The summed E-state index contributed by atoms with van der Waals surface area (Å²) in [6.45, 7) is 13.2. The molecule has 0 bridgehead atoms. The topological polar surface area (TPSA) is 36.3 Å². The van der Waals surface area contributed by atoms with Crippen LogP contribution in [-0.2, 0) is 15.9 Å². The zero-order valence-electron chi connectivity index (χ0n) is 14.9. The third-order valence-corrected chi connectivity index (χ3v) is 5.00. The summed E-state index contributed by atoms with van der Waals surface area (Å²) in [5.41, 5.74) is 3.94. The molecule has 1 aromatic heterocycles. The Labute approximate surface area is 138 Å². The van der Waals surface area contributed by atoms with Crippen LogP contribution < -0.4 is 5.46 Å². The van der Waals surface area contributed by atoms with Gasteiger partial charge in [-0.15, -0.1) is 0 Å². The molecule has 0 spiro atoms. The molecule has 5 heteroatoms. The average molecular weight is 312 g/mol. The van der Waals surface area contributed by atoms with Crippen LogP contribution >= 0.6 is 0 Å². The second-order valence-corrected chi connectivity index (χ2v) is 7.43. The highest BCUT2D eigenvalue weighted by Crippen LogP contribution is 2.36. The summed E-state index contributed by atoms with van der Waals surface area (Å²) < 4.78 is 14.3. The summed E-state index contributed by atoms with van der Waals surface area (Å²) in [4.78, 5) is 0. The molecule has 4 nitrogen and oxygen atoms in total. The summed E-state index contributed by atoms with van der Waals surface area (Å²) in [6, 6.07) is 8.42. The molecule has 1 saturated heterocycles. The Balaban J connectivity index is 1.86. The maximum atomic E-state index is 6.15. The van der Waals surface area contributed by atoms with E-state index >= 15 is 0 Å². The number of benzene rings is 1. The van der Waals surface area contributed by atoms with Gasteiger partial charge in [-0.05, 0) is 64.2 Å². The summed E-state index contributed by atoms with van der Waals surface area (Å²) in [7, 11) is -0.321. The Hall–Kier alpha value is -1.59. The zero-order chi connectivity index (χ0) is 16.8. The second kappa shape index (κ2) is 5.50. The predicted molar refractivity (Wildman–Crippen MR) is 93.0 cm³/mol. The van der Waals surface area contributed by atoms with Crippen LogP contribution in [0.15, 0.2) is 30.5 Å². The standard InChI is InChI=1S/C18H25BN2O2/c1-13-7-8-16(19-22-17(3,4)18(5,6)23-19)11-15(13)12-21-10-9-14(2)20-21/h7-11H,12H2,1-6H3.